The number of anilines is 1. The Kier molecular flexibility index (Phi) is 5.00. The number of carbonyl (C=O) groups is 1. The number of rotatable bonds is 4. The number of nitrogens with one attached hydrogen (secondary N) is 1. The van der Waals surface area contributed by atoms with E-state index in [1.807, 2.05) is 24.3 Å². The molecule has 0 saturated heterocycles. The molecule has 1 aliphatic rings. The highest BCUT2D eigenvalue weighted by atomic mass is 32.1. The Morgan fingerprint density at radius 2 is 1.89 bits per heavy atom. The maximum absolute atomic E-state index is 12.5. The highest BCUT2D eigenvalue weighted by Crippen LogP contribution is 2.38. The van der Waals surface area contributed by atoms with Crippen LogP contribution in [-0.2, 0) is 6.42 Å². The predicted octanol–water partition coefficient (Wildman–Crippen LogP) is 4.41. The van der Waals surface area contributed by atoms with E-state index in [4.69, 9.17) is 9.47 Å². The Bertz CT molecular complexity index is 1050. The van der Waals surface area contributed by atoms with Crippen LogP contribution in [0.4, 0.5) is 5.69 Å². The molecule has 0 saturated carbocycles. The van der Waals surface area contributed by atoms with Crippen molar-refractivity contribution in [3.63, 3.8) is 0 Å². The van der Waals surface area contributed by atoms with Crippen LogP contribution in [0.25, 0.3) is 11.1 Å². The number of hydrogen-bond acceptors (Lipinski definition) is 6. The molecule has 0 unspecified atom stereocenters. The lowest BCUT2D eigenvalue weighted by molar-refractivity contribution is 0.102. The van der Waals surface area contributed by atoms with E-state index in [9.17, 15) is 4.79 Å². The third kappa shape index (κ3) is 3.45. The number of carbonyl (C=O) groups excluding carboxylic acids is 1. The third-order valence-electron chi connectivity index (χ3n) is 4.79. The molecule has 2 aromatic carbocycles. The zero-order chi connectivity index (χ0) is 19.7. The summed E-state index contributed by atoms with van der Waals surface area (Å²) in [6.45, 7) is 7.06. The second-order valence-corrected chi connectivity index (χ2v) is 7.43. The Morgan fingerprint density at radius 3 is 2.57 bits per heavy atom. The lowest BCUT2D eigenvalue weighted by Crippen LogP contribution is -2.15. The molecule has 6 nitrogen and oxygen atoms in total. The van der Waals surface area contributed by atoms with Crippen LogP contribution in [0.2, 0.25) is 0 Å². The minimum absolute atomic E-state index is 0.175. The second kappa shape index (κ2) is 7.59. The minimum Gasteiger partial charge on any atom is -0.486 e. The van der Waals surface area contributed by atoms with E-state index in [-0.39, 0.29) is 5.91 Å². The van der Waals surface area contributed by atoms with Gasteiger partial charge in [-0.2, -0.15) is 0 Å². The number of benzene rings is 2. The van der Waals surface area contributed by atoms with Gasteiger partial charge in [0.05, 0.1) is 5.69 Å². The van der Waals surface area contributed by atoms with Crippen molar-refractivity contribution >= 4 is 23.1 Å². The summed E-state index contributed by atoms with van der Waals surface area (Å²) in [6.07, 6.45) is 0.799. The molecule has 2 heterocycles. The summed E-state index contributed by atoms with van der Waals surface area (Å²) in [5.74, 6) is 1.39. The van der Waals surface area contributed by atoms with Crippen molar-refractivity contribution in [1.82, 2.24) is 9.59 Å². The molecule has 7 heteroatoms. The summed E-state index contributed by atoms with van der Waals surface area (Å²) < 4.78 is 15.2. The van der Waals surface area contributed by atoms with E-state index in [2.05, 4.69) is 34.8 Å². The fourth-order valence-corrected chi connectivity index (χ4v) is 3.85. The van der Waals surface area contributed by atoms with Crippen LogP contribution in [0.1, 0.15) is 33.4 Å². The number of ether oxygens (including phenoxy) is 2. The largest absolute Gasteiger partial charge is 0.486 e. The van der Waals surface area contributed by atoms with Gasteiger partial charge >= 0.3 is 0 Å². The SMILES string of the molecule is CCc1cc(-c2cc3c(cc2C)OCCO3)ccc1NC(=O)c1snnc1C. The average Bonchev–Trinajstić information content (AvgIpc) is 3.14. The van der Waals surface area contributed by atoms with Crippen molar-refractivity contribution < 1.29 is 14.3 Å². The maximum Gasteiger partial charge on any atom is 0.269 e. The standard InChI is InChI=1S/C21H21N3O3S/c1-4-14-10-15(16-11-19-18(9-12(16)2)26-7-8-27-19)5-6-17(14)22-21(25)20-13(3)23-24-28-20/h5-6,9-11H,4,7-8H2,1-3H3,(H,22,25). The summed E-state index contributed by atoms with van der Waals surface area (Å²) in [4.78, 5) is 13.1. The van der Waals surface area contributed by atoms with Gasteiger partial charge in [-0.1, -0.05) is 17.5 Å². The van der Waals surface area contributed by atoms with Gasteiger partial charge in [-0.25, -0.2) is 0 Å². The molecule has 1 N–H and O–H groups in total. The lowest BCUT2D eigenvalue weighted by atomic mass is 9.96. The van der Waals surface area contributed by atoms with Gasteiger partial charge in [0.2, 0.25) is 0 Å². The molecule has 0 aliphatic carbocycles. The topological polar surface area (TPSA) is 73.3 Å². The Morgan fingerprint density at radius 1 is 1.14 bits per heavy atom. The molecular weight excluding hydrogens is 374 g/mol. The summed E-state index contributed by atoms with van der Waals surface area (Å²) >= 11 is 1.11. The summed E-state index contributed by atoms with van der Waals surface area (Å²) in [6, 6.07) is 10.1. The van der Waals surface area contributed by atoms with Crippen molar-refractivity contribution in [3.8, 4) is 22.6 Å². The van der Waals surface area contributed by atoms with Crippen LogP contribution < -0.4 is 14.8 Å². The molecule has 28 heavy (non-hydrogen) atoms. The van der Waals surface area contributed by atoms with Gasteiger partial charge in [0.25, 0.3) is 5.91 Å². The zero-order valence-electron chi connectivity index (χ0n) is 16.0. The van der Waals surface area contributed by atoms with Crippen LogP contribution in [0.5, 0.6) is 11.5 Å². The highest BCUT2D eigenvalue weighted by molar-refractivity contribution is 7.08. The van der Waals surface area contributed by atoms with Crippen molar-refractivity contribution in [1.29, 1.82) is 0 Å². The molecule has 4 rings (SSSR count). The predicted molar refractivity (Wildman–Crippen MR) is 110 cm³/mol. The van der Waals surface area contributed by atoms with Crippen LogP contribution >= 0.6 is 11.5 Å². The Labute approximate surface area is 167 Å². The van der Waals surface area contributed by atoms with E-state index in [0.717, 1.165) is 57.4 Å². The van der Waals surface area contributed by atoms with Crippen LogP contribution in [-0.4, -0.2) is 28.7 Å². The second-order valence-electron chi connectivity index (χ2n) is 6.68. The van der Waals surface area contributed by atoms with Crippen molar-refractivity contribution in [3.05, 3.63) is 52.0 Å². The zero-order valence-corrected chi connectivity index (χ0v) is 16.9. The first-order valence-electron chi connectivity index (χ1n) is 9.20. The number of nitrogens with zero attached hydrogens (tertiary/aromatic N) is 2. The van der Waals surface area contributed by atoms with Gasteiger partial charge in [-0.15, -0.1) is 5.10 Å². The molecule has 0 bridgehead atoms. The fraction of sp³-hybridized carbons (Fsp3) is 0.286. The normalized spacial score (nSPS) is 12.7. The number of aryl methyl sites for hydroxylation is 3. The van der Waals surface area contributed by atoms with Gasteiger partial charge in [-0.05, 0) is 78.3 Å². The molecule has 1 aromatic heterocycles. The van der Waals surface area contributed by atoms with Crippen molar-refractivity contribution in [2.45, 2.75) is 27.2 Å². The number of aromatic nitrogens is 2. The summed E-state index contributed by atoms with van der Waals surface area (Å²) in [5.41, 5.74) is 5.81. The van der Waals surface area contributed by atoms with Gasteiger partial charge < -0.3 is 14.8 Å². The van der Waals surface area contributed by atoms with Crippen LogP contribution in [0.15, 0.2) is 30.3 Å². The van der Waals surface area contributed by atoms with Crippen molar-refractivity contribution in [2.24, 2.45) is 0 Å². The van der Waals surface area contributed by atoms with Crippen molar-refractivity contribution in [2.75, 3.05) is 18.5 Å². The van der Waals surface area contributed by atoms with E-state index >= 15 is 0 Å². The average molecular weight is 395 g/mol. The van der Waals surface area contributed by atoms with Gasteiger partial charge in [-0.3, -0.25) is 4.79 Å². The van der Waals surface area contributed by atoms with Crippen LogP contribution in [0, 0.1) is 13.8 Å². The Balaban J connectivity index is 1.66. The summed E-state index contributed by atoms with van der Waals surface area (Å²) in [5, 5.41) is 6.90. The molecular formula is C21H21N3O3S. The molecule has 3 aromatic rings. The first-order chi connectivity index (χ1) is 13.6. The molecule has 0 atom stereocenters. The number of hydrogen-bond donors (Lipinski definition) is 1. The van der Waals surface area contributed by atoms with Crippen LogP contribution in [0.3, 0.4) is 0 Å². The summed E-state index contributed by atoms with van der Waals surface area (Å²) in [7, 11) is 0. The third-order valence-corrected chi connectivity index (χ3v) is 5.62. The first kappa shape index (κ1) is 18.4. The maximum atomic E-state index is 12.5. The minimum atomic E-state index is -0.175. The van der Waals surface area contributed by atoms with E-state index in [1.54, 1.807) is 6.92 Å². The van der Waals surface area contributed by atoms with E-state index in [1.165, 1.54) is 0 Å². The first-order valence-corrected chi connectivity index (χ1v) is 9.98. The number of amides is 1. The fourth-order valence-electron chi connectivity index (χ4n) is 3.30. The van der Waals surface area contributed by atoms with Gasteiger partial charge in [0, 0.05) is 5.69 Å². The molecule has 0 radical (unpaired) electrons. The lowest BCUT2D eigenvalue weighted by Gasteiger charge is -2.21. The van der Waals surface area contributed by atoms with Gasteiger partial charge in [0.15, 0.2) is 11.5 Å². The smallest absolute Gasteiger partial charge is 0.269 e. The monoisotopic (exact) mass is 395 g/mol. The molecule has 0 spiro atoms. The number of fused-ring (bicyclic) bond motifs is 1. The van der Waals surface area contributed by atoms with E-state index < -0.39 is 0 Å². The molecule has 1 aliphatic heterocycles. The Hall–Kier alpha value is -2.93. The molecule has 1 amide bonds. The van der Waals surface area contributed by atoms with E-state index in [0.29, 0.717) is 23.8 Å². The highest BCUT2D eigenvalue weighted by Gasteiger charge is 2.17. The quantitative estimate of drug-likeness (QED) is 0.708. The molecule has 0 fully saturated rings. The van der Waals surface area contributed by atoms with Gasteiger partial charge in [0.1, 0.15) is 18.1 Å². The molecule has 144 valence electrons.